The van der Waals surface area contributed by atoms with E-state index in [2.05, 4.69) is 0 Å². The summed E-state index contributed by atoms with van der Waals surface area (Å²) in [7, 11) is 0. The molecule has 0 aliphatic carbocycles. The Hall–Kier alpha value is -0.770. The fraction of sp³-hybridized carbons (Fsp3) is 0. The van der Waals surface area contributed by atoms with Crippen molar-refractivity contribution in [1.82, 2.24) is 0 Å². The van der Waals surface area contributed by atoms with Gasteiger partial charge >= 0.3 is 0 Å². The Bertz CT molecular complexity index is 69.6. The zero-order chi connectivity index (χ0) is 7.15. The molecule has 0 aliphatic heterocycles. The molecule has 2 N–H and O–H groups in total. The van der Waals surface area contributed by atoms with Gasteiger partial charge in [0.25, 0.3) is 0 Å². The Kier molecular flexibility index (Phi) is 35.9. The summed E-state index contributed by atoms with van der Waals surface area (Å²) in [5.41, 5.74) is 0. The topological polar surface area (TPSA) is 164 Å². The van der Waals surface area contributed by atoms with Crippen LogP contribution in [0, 0.1) is 30.6 Å². The second-order valence-electron chi connectivity index (χ2n) is 0.447. The summed E-state index contributed by atoms with van der Waals surface area (Å²) in [6, 6.07) is 0. The third-order valence-corrected chi connectivity index (χ3v) is 0. The third-order valence-electron chi connectivity index (χ3n) is 0. The van der Waals surface area contributed by atoms with E-state index in [-0.39, 0.29) is 31.3 Å². The SMILES string of the molecule is O.O=[N+]([O-])[O-].O=[N+]([O-])[O-].[Sc]. The monoisotopic (exact) mass is 187 g/mol. The Labute approximate surface area is 72.6 Å². The molecule has 10 heteroatoms. The van der Waals surface area contributed by atoms with E-state index < -0.39 is 10.2 Å². The van der Waals surface area contributed by atoms with Gasteiger partial charge in [0, 0.05) is 25.8 Å². The van der Waals surface area contributed by atoms with Gasteiger partial charge in [-0.15, -0.1) is 0 Å². The minimum absolute atomic E-state index is 0. The first-order chi connectivity index (χ1) is 3.46. The van der Waals surface area contributed by atoms with Gasteiger partial charge in [-0.1, -0.05) is 0 Å². The number of nitrogens with zero attached hydrogens (tertiary/aromatic N) is 2. The van der Waals surface area contributed by atoms with E-state index >= 15 is 0 Å². The van der Waals surface area contributed by atoms with Gasteiger partial charge in [-0.25, -0.2) is 0 Å². The van der Waals surface area contributed by atoms with Crippen molar-refractivity contribution in [2.24, 2.45) is 0 Å². The van der Waals surface area contributed by atoms with Crippen LogP contribution in [0.25, 0.3) is 0 Å². The zero-order valence-electron chi connectivity index (χ0n) is 4.42. The van der Waals surface area contributed by atoms with E-state index in [4.69, 9.17) is 30.6 Å². The first-order valence-corrected chi connectivity index (χ1v) is 1.10. The molecule has 0 saturated heterocycles. The standard InChI is InChI=1S/2NO3.H2O.Sc/c2*2-1(3)4;;/h;;1H2;/q2*-1;;. The first-order valence-electron chi connectivity index (χ1n) is 1.10. The predicted molar refractivity (Wildman–Crippen MR) is 24.3 cm³/mol. The van der Waals surface area contributed by atoms with E-state index in [1.807, 2.05) is 0 Å². The molecule has 9 nitrogen and oxygen atoms in total. The van der Waals surface area contributed by atoms with Crippen LogP contribution in [0.4, 0.5) is 0 Å². The summed E-state index contributed by atoms with van der Waals surface area (Å²) in [5.74, 6) is 0. The van der Waals surface area contributed by atoms with Gasteiger partial charge in [-0.3, -0.25) is 0 Å². The molecule has 0 fully saturated rings. The maximum absolute atomic E-state index is 8.25. The third kappa shape index (κ3) is 473. The molecular formula is H2N2O7Sc-2. The van der Waals surface area contributed by atoms with E-state index in [1.165, 1.54) is 0 Å². The second-order valence-corrected chi connectivity index (χ2v) is 0.447. The molecule has 0 aliphatic rings. The number of rotatable bonds is 0. The van der Waals surface area contributed by atoms with Gasteiger partial charge in [-0.05, 0) is 0 Å². The summed E-state index contributed by atoms with van der Waals surface area (Å²) in [5, 5.41) is 29.5. The molecular weight excluding hydrogens is 185 g/mol. The Morgan fingerprint density at radius 2 is 0.800 bits per heavy atom. The molecule has 0 aromatic carbocycles. The van der Waals surface area contributed by atoms with Crippen LogP contribution in [0.3, 0.4) is 0 Å². The molecule has 0 amide bonds. The van der Waals surface area contributed by atoms with Gasteiger partial charge in [-0.2, -0.15) is 0 Å². The van der Waals surface area contributed by atoms with Crippen molar-refractivity contribution in [2.75, 3.05) is 0 Å². The van der Waals surface area contributed by atoms with Crippen LogP contribution in [0.1, 0.15) is 0 Å². The Balaban J connectivity index is -0.0000000300. The summed E-state index contributed by atoms with van der Waals surface area (Å²) < 4.78 is 0. The average molecular weight is 187 g/mol. The van der Waals surface area contributed by atoms with Crippen molar-refractivity contribution in [3.63, 3.8) is 0 Å². The van der Waals surface area contributed by atoms with Crippen molar-refractivity contribution in [1.29, 1.82) is 0 Å². The molecule has 0 rings (SSSR count). The van der Waals surface area contributed by atoms with Crippen LogP contribution in [-0.4, -0.2) is 15.6 Å². The second kappa shape index (κ2) is 15.7. The Morgan fingerprint density at radius 3 is 0.800 bits per heavy atom. The maximum Gasteiger partial charge on any atom is 0.0689 e. The average Bonchev–Trinajstić information content (AvgIpc) is 1.25. The van der Waals surface area contributed by atoms with Gasteiger partial charge < -0.3 is 36.1 Å². The van der Waals surface area contributed by atoms with Gasteiger partial charge in [0.1, 0.15) is 0 Å². The van der Waals surface area contributed by atoms with Crippen molar-refractivity contribution < 1.29 is 41.5 Å². The molecule has 0 bridgehead atoms. The normalized spacial score (nSPS) is 4.80. The van der Waals surface area contributed by atoms with E-state index in [0.29, 0.717) is 0 Å². The molecule has 10 heavy (non-hydrogen) atoms. The van der Waals surface area contributed by atoms with Gasteiger partial charge in [0.15, 0.2) is 0 Å². The zero-order valence-corrected chi connectivity index (χ0v) is 6.22. The van der Waals surface area contributed by atoms with Crippen LogP contribution in [0.5, 0.6) is 0 Å². The summed E-state index contributed by atoms with van der Waals surface area (Å²) in [6.07, 6.45) is 0. The summed E-state index contributed by atoms with van der Waals surface area (Å²) in [6.45, 7) is 0. The molecule has 59 valence electrons. The smallest absolute Gasteiger partial charge is 0.0689 e. The molecule has 0 atom stereocenters. The van der Waals surface area contributed by atoms with E-state index in [1.54, 1.807) is 0 Å². The first kappa shape index (κ1) is 22.9. The quantitative estimate of drug-likeness (QED) is 0.337. The van der Waals surface area contributed by atoms with Crippen LogP contribution in [0.15, 0.2) is 0 Å². The van der Waals surface area contributed by atoms with Crippen LogP contribution < -0.4 is 0 Å². The minimum Gasteiger partial charge on any atom is -0.412 e. The molecule has 0 aromatic heterocycles. The molecule has 0 spiro atoms. The molecule has 0 aromatic rings. The van der Waals surface area contributed by atoms with Crippen LogP contribution in [0.2, 0.25) is 0 Å². The van der Waals surface area contributed by atoms with E-state index in [9.17, 15) is 0 Å². The van der Waals surface area contributed by atoms with Crippen molar-refractivity contribution in [2.45, 2.75) is 0 Å². The molecule has 0 heterocycles. The van der Waals surface area contributed by atoms with Crippen molar-refractivity contribution in [3.05, 3.63) is 30.6 Å². The Morgan fingerprint density at radius 1 is 0.800 bits per heavy atom. The molecule has 0 unspecified atom stereocenters. The van der Waals surface area contributed by atoms with Crippen molar-refractivity contribution >= 4 is 0 Å². The molecule has 1 radical (unpaired) electrons. The summed E-state index contributed by atoms with van der Waals surface area (Å²) >= 11 is 0. The van der Waals surface area contributed by atoms with Crippen molar-refractivity contribution in [3.8, 4) is 0 Å². The predicted octanol–water partition coefficient (Wildman–Crippen LogP) is -1.31. The fourth-order valence-electron chi connectivity index (χ4n) is 0. The van der Waals surface area contributed by atoms with Gasteiger partial charge in [0.2, 0.25) is 0 Å². The largest absolute Gasteiger partial charge is 0.412 e. The number of hydrogen-bond acceptors (Lipinski definition) is 6. The van der Waals surface area contributed by atoms with Crippen LogP contribution in [-0.2, 0) is 25.8 Å². The number of hydrogen-bond donors (Lipinski definition) is 0. The molecule has 0 saturated carbocycles. The fourth-order valence-corrected chi connectivity index (χ4v) is 0. The van der Waals surface area contributed by atoms with Gasteiger partial charge in [0.05, 0.1) is 10.2 Å². The van der Waals surface area contributed by atoms with Crippen LogP contribution >= 0.6 is 0 Å². The minimum atomic E-state index is -1.75. The summed E-state index contributed by atoms with van der Waals surface area (Å²) in [4.78, 5) is 16.5. The van der Waals surface area contributed by atoms with E-state index in [0.717, 1.165) is 0 Å². The maximum atomic E-state index is 8.25.